The van der Waals surface area contributed by atoms with Crippen LogP contribution < -0.4 is 19.7 Å². The van der Waals surface area contributed by atoms with Crippen LogP contribution in [0.3, 0.4) is 0 Å². The lowest BCUT2D eigenvalue weighted by Gasteiger charge is -2.17. The smallest absolute Gasteiger partial charge is 0.255 e. The molecule has 0 aliphatic carbocycles. The summed E-state index contributed by atoms with van der Waals surface area (Å²) in [6, 6.07) is 10.3. The molecule has 1 heterocycles. The van der Waals surface area contributed by atoms with E-state index in [1.165, 1.54) is 20.3 Å². The lowest BCUT2D eigenvalue weighted by atomic mass is 10.1. The topological polar surface area (TPSA) is 67.9 Å². The van der Waals surface area contributed by atoms with E-state index in [0.29, 0.717) is 35.7 Å². The highest BCUT2D eigenvalue weighted by Crippen LogP contribution is 2.36. The normalized spacial score (nSPS) is 13.7. The van der Waals surface area contributed by atoms with Crippen molar-refractivity contribution in [3.8, 4) is 11.5 Å². The third kappa shape index (κ3) is 3.60. The number of halogens is 1. The van der Waals surface area contributed by atoms with Crippen LogP contribution in [0, 0.1) is 0 Å². The molecular formula is C19H19ClN2O4. The molecule has 0 saturated carbocycles. The van der Waals surface area contributed by atoms with E-state index in [4.69, 9.17) is 21.1 Å². The van der Waals surface area contributed by atoms with Crippen molar-refractivity contribution in [2.45, 2.75) is 12.8 Å². The van der Waals surface area contributed by atoms with Gasteiger partial charge >= 0.3 is 0 Å². The van der Waals surface area contributed by atoms with E-state index in [0.717, 1.165) is 12.1 Å². The highest BCUT2D eigenvalue weighted by Gasteiger charge is 2.22. The minimum absolute atomic E-state index is 0.0974. The summed E-state index contributed by atoms with van der Waals surface area (Å²) in [7, 11) is 2.96. The molecule has 26 heavy (non-hydrogen) atoms. The maximum Gasteiger partial charge on any atom is 0.255 e. The van der Waals surface area contributed by atoms with Gasteiger partial charge in [-0.2, -0.15) is 0 Å². The van der Waals surface area contributed by atoms with E-state index in [2.05, 4.69) is 5.32 Å². The monoisotopic (exact) mass is 374 g/mol. The first-order chi connectivity index (χ1) is 12.5. The standard InChI is InChI=1S/C19H19ClN2O4/c1-25-16-10-12(9-15(20)18(16)26-2)19(24)21-13-5-3-6-14(11-13)22-8-4-7-17(22)23/h3,5-6,9-11H,4,7-8H2,1-2H3,(H,21,24). The molecule has 1 N–H and O–H groups in total. The molecule has 6 nitrogen and oxygen atoms in total. The number of hydrogen-bond donors (Lipinski definition) is 1. The van der Waals surface area contributed by atoms with Gasteiger partial charge in [-0.25, -0.2) is 0 Å². The predicted octanol–water partition coefficient (Wildman–Crippen LogP) is 3.74. The Hall–Kier alpha value is -2.73. The molecule has 0 radical (unpaired) electrons. The van der Waals surface area contributed by atoms with Crippen LogP contribution in [0.15, 0.2) is 36.4 Å². The SMILES string of the molecule is COc1cc(C(=O)Nc2cccc(N3CCCC3=O)c2)cc(Cl)c1OC. The number of ether oxygens (including phenoxy) is 2. The van der Waals surface area contributed by atoms with Gasteiger partial charge in [0.2, 0.25) is 5.91 Å². The maximum absolute atomic E-state index is 12.6. The average molecular weight is 375 g/mol. The van der Waals surface area contributed by atoms with Gasteiger partial charge in [-0.15, -0.1) is 0 Å². The molecule has 3 rings (SSSR count). The Morgan fingerprint density at radius 2 is 2.00 bits per heavy atom. The van der Waals surface area contributed by atoms with Gasteiger partial charge in [0.15, 0.2) is 11.5 Å². The first-order valence-electron chi connectivity index (χ1n) is 8.17. The van der Waals surface area contributed by atoms with Gasteiger partial charge in [0.25, 0.3) is 5.91 Å². The van der Waals surface area contributed by atoms with Crippen molar-refractivity contribution in [2.75, 3.05) is 31.0 Å². The first kappa shape index (κ1) is 18.1. The van der Waals surface area contributed by atoms with E-state index in [9.17, 15) is 9.59 Å². The molecule has 0 unspecified atom stereocenters. The number of nitrogens with zero attached hydrogens (tertiary/aromatic N) is 1. The van der Waals surface area contributed by atoms with E-state index >= 15 is 0 Å². The van der Waals surface area contributed by atoms with Crippen molar-refractivity contribution in [2.24, 2.45) is 0 Å². The number of amides is 2. The van der Waals surface area contributed by atoms with Crippen molar-refractivity contribution in [1.82, 2.24) is 0 Å². The third-order valence-electron chi connectivity index (χ3n) is 4.18. The van der Waals surface area contributed by atoms with E-state index in [1.54, 1.807) is 29.2 Å². The number of hydrogen-bond acceptors (Lipinski definition) is 4. The highest BCUT2D eigenvalue weighted by molar-refractivity contribution is 6.32. The van der Waals surface area contributed by atoms with Gasteiger partial charge in [-0.1, -0.05) is 17.7 Å². The summed E-state index contributed by atoms with van der Waals surface area (Å²) >= 11 is 6.16. The molecule has 2 aromatic carbocycles. The third-order valence-corrected chi connectivity index (χ3v) is 4.47. The van der Waals surface area contributed by atoms with Crippen molar-refractivity contribution in [3.05, 3.63) is 47.0 Å². The molecule has 136 valence electrons. The van der Waals surface area contributed by atoms with Crippen LogP contribution >= 0.6 is 11.6 Å². The Kier molecular flexibility index (Phi) is 5.32. The quantitative estimate of drug-likeness (QED) is 0.865. The number of carbonyl (C=O) groups excluding carboxylic acids is 2. The molecule has 0 aromatic heterocycles. The molecule has 0 atom stereocenters. The average Bonchev–Trinajstić information content (AvgIpc) is 3.07. The van der Waals surface area contributed by atoms with Crippen LogP contribution in [0.1, 0.15) is 23.2 Å². The maximum atomic E-state index is 12.6. The van der Waals surface area contributed by atoms with Crippen molar-refractivity contribution < 1.29 is 19.1 Å². The Labute approximate surface area is 156 Å². The second-order valence-corrected chi connectivity index (χ2v) is 6.25. The number of rotatable bonds is 5. The van der Waals surface area contributed by atoms with Crippen molar-refractivity contribution >= 4 is 34.8 Å². The number of carbonyl (C=O) groups is 2. The minimum Gasteiger partial charge on any atom is -0.493 e. The largest absolute Gasteiger partial charge is 0.493 e. The van der Waals surface area contributed by atoms with E-state index < -0.39 is 0 Å². The van der Waals surface area contributed by atoms with Crippen LogP contribution in [-0.4, -0.2) is 32.6 Å². The molecule has 1 aliphatic heterocycles. The fraction of sp³-hybridized carbons (Fsp3) is 0.263. The summed E-state index contributed by atoms with van der Waals surface area (Å²) in [5, 5.41) is 3.11. The van der Waals surface area contributed by atoms with Crippen LogP contribution in [0.25, 0.3) is 0 Å². The molecule has 1 saturated heterocycles. The van der Waals surface area contributed by atoms with Gasteiger partial charge in [0.1, 0.15) is 0 Å². The molecule has 0 bridgehead atoms. The first-order valence-corrected chi connectivity index (χ1v) is 8.54. The lowest BCUT2D eigenvalue weighted by Crippen LogP contribution is -2.23. The van der Waals surface area contributed by atoms with Crippen LogP contribution in [0.2, 0.25) is 5.02 Å². The van der Waals surface area contributed by atoms with Crippen molar-refractivity contribution in [1.29, 1.82) is 0 Å². The Bertz CT molecular complexity index is 853. The molecule has 7 heteroatoms. The van der Waals surface area contributed by atoms with Crippen molar-refractivity contribution in [3.63, 3.8) is 0 Å². The van der Waals surface area contributed by atoms with Gasteiger partial charge in [0, 0.05) is 29.9 Å². The summed E-state index contributed by atoms with van der Waals surface area (Å²) in [6.07, 6.45) is 1.40. The molecule has 2 amide bonds. The Morgan fingerprint density at radius 1 is 1.19 bits per heavy atom. The zero-order valence-electron chi connectivity index (χ0n) is 14.5. The lowest BCUT2D eigenvalue weighted by molar-refractivity contribution is -0.117. The number of anilines is 2. The Balaban J connectivity index is 1.82. The molecule has 0 spiro atoms. The van der Waals surface area contributed by atoms with Crippen LogP contribution in [0.5, 0.6) is 11.5 Å². The number of benzene rings is 2. The summed E-state index contributed by atoms with van der Waals surface area (Å²) in [6.45, 7) is 0.696. The van der Waals surface area contributed by atoms with Gasteiger partial charge in [-0.05, 0) is 36.8 Å². The summed E-state index contributed by atoms with van der Waals surface area (Å²) in [5.74, 6) is 0.514. The molecule has 1 aliphatic rings. The minimum atomic E-state index is -0.335. The van der Waals surface area contributed by atoms with Gasteiger partial charge in [-0.3, -0.25) is 9.59 Å². The molecule has 1 fully saturated rings. The fourth-order valence-corrected chi connectivity index (χ4v) is 3.21. The number of nitrogens with one attached hydrogen (secondary N) is 1. The zero-order valence-corrected chi connectivity index (χ0v) is 15.3. The predicted molar refractivity (Wildman–Crippen MR) is 101 cm³/mol. The second kappa shape index (κ2) is 7.66. The fourth-order valence-electron chi connectivity index (χ4n) is 2.92. The van der Waals surface area contributed by atoms with E-state index in [1.807, 2.05) is 6.07 Å². The highest BCUT2D eigenvalue weighted by atomic mass is 35.5. The summed E-state index contributed by atoms with van der Waals surface area (Å²) in [4.78, 5) is 26.2. The van der Waals surface area contributed by atoms with Crippen LogP contribution in [0.4, 0.5) is 11.4 Å². The summed E-state index contributed by atoms with van der Waals surface area (Å²) in [5.41, 5.74) is 1.71. The second-order valence-electron chi connectivity index (χ2n) is 5.85. The van der Waals surface area contributed by atoms with Gasteiger partial charge in [0.05, 0.1) is 19.2 Å². The molecular weight excluding hydrogens is 356 g/mol. The van der Waals surface area contributed by atoms with Crippen LogP contribution in [-0.2, 0) is 4.79 Å². The Morgan fingerprint density at radius 3 is 2.65 bits per heavy atom. The van der Waals surface area contributed by atoms with Gasteiger partial charge < -0.3 is 19.7 Å². The molecule has 2 aromatic rings. The number of methoxy groups -OCH3 is 2. The zero-order chi connectivity index (χ0) is 18.7. The van der Waals surface area contributed by atoms with E-state index in [-0.39, 0.29) is 16.8 Å². The summed E-state index contributed by atoms with van der Waals surface area (Å²) < 4.78 is 10.4.